The van der Waals surface area contributed by atoms with Crippen molar-refractivity contribution >= 4 is 0 Å². The second-order valence-electron chi connectivity index (χ2n) is 3.48. The molecular weight excluding hydrogens is 216 g/mol. The molecule has 4 nitrogen and oxygen atoms in total. The second kappa shape index (κ2) is 7.53. The molecule has 1 rings (SSSR count). The van der Waals surface area contributed by atoms with Crippen LogP contribution >= 0.6 is 0 Å². The minimum atomic E-state index is 0.644. The van der Waals surface area contributed by atoms with Crippen molar-refractivity contribution in [3.8, 4) is 23.8 Å². The lowest BCUT2D eigenvalue weighted by Gasteiger charge is -2.11. The highest BCUT2D eigenvalue weighted by Gasteiger charge is 2.09. The molecule has 17 heavy (non-hydrogen) atoms. The van der Waals surface area contributed by atoms with Gasteiger partial charge >= 0.3 is 0 Å². The molecule has 1 aromatic rings. The number of methoxy groups -OCH3 is 2. The van der Waals surface area contributed by atoms with E-state index in [-0.39, 0.29) is 0 Å². The van der Waals surface area contributed by atoms with Crippen molar-refractivity contribution in [1.82, 2.24) is 10.3 Å². The van der Waals surface area contributed by atoms with Gasteiger partial charge in [-0.15, -0.1) is 12.3 Å². The molecule has 0 aliphatic heterocycles. The molecule has 0 amide bonds. The van der Waals surface area contributed by atoms with E-state index < -0.39 is 0 Å². The van der Waals surface area contributed by atoms with Gasteiger partial charge in [0, 0.05) is 25.2 Å². The molecule has 0 fully saturated rings. The molecule has 0 radical (unpaired) electrons. The lowest BCUT2D eigenvalue weighted by Crippen LogP contribution is -2.16. The molecule has 0 spiro atoms. The average Bonchev–Trinajstić information content (AvgIpc) is 2.38. The molecule has 92 valence electrons. The van der Waals surface area contributed by atoms with Gasteiger partial charge in [-0.05, 0) is 13.0 Å². The molecule has 0 bridgehead atoms. The van der Waals surface area contributed by atoms with Crippen molar-refractivity contribution in [2.45, 2.75) is 19.4 Å². The lowest BCUT2D eigenvalue weighted by atomic mass is 10.3. The normalized spacial score (nSPS) is 9.71. The van der Waals surface area contributed by atoms with Crippen LogP contribution in [-0.2, 0) is 6.54 Å². The quantitative estimate of drug-likeness (QED) is 0.575. The van der Waals surface area contributed by atoms with Gasteiger partial charge in [0.2, 0.25) is 0 Å². The van der Waals surface area contributed by atoms with Gasteiger partial charge in [0.15, 0.2) is 11.5 Å². The Bertz CT molecular complexity index is 385. The zero-order valence-electron chi connectivity index (χ0n) is 10.3. The van der Waals surface area contributed by atoms with Gasteiger partial charge in [0.1, 0.15) is 0 Å². The van der Waals surface area contributed by atoms with Crippen LogP contribution in [0.4, 0.5) is 0 Å². The summed E-state index contributed by atoms with van der Waals surface area (Å²) in [6.07, 6.45) is 8.64. The molecule has 1 heterocycles. The fourth-order valence-corrected chi connectivity index (χ4v) is 1.50. The first-order valence-corrected chi connectivity index (χ1v) is 5.53. The summed E-state index contributed by atoms with van der Waals surface area (Å²) in [4.78, 5) is 4.27. The molecular formula is C13H18N2O2. The second-order valence-corrected chi connectivity index (χ2v) is 3.48. The Morgan fingerprint density at radius 3 is 2.88 bits per heavy atom. The lowest BCUT2D eigenvalue weighted by molar-refractivity contribution is 0.348. The Morgan fingerprint density at radius 1 is 1.41 bits per heavy atom. The summed E-state index contributed by atoms with van der Waals surface area (Å²) in [7, 11) is 3.23. The van der Waals surface area contributed by atoms with Crippen LogP contribution in [0.3, 0.4) is 0 Å². The number of aromatic nitrogens is 1. The van der Waals surface area contributed by atoms with Crippen LogP contribution < -0.4 is 14.8 Å². The fraction of sp³-hybridized carbons (Fsp3) is 0.462. The molecule has 1 aromatic heterocycles. The standard InChI is InChI=1S/C13H18N2O2/c1-4-5-6-8-14-10-11-13(17-3)12(16-2)7-9-15-11/h1,7,9,14H,5-6,8,10H2,2-3H3. The summed E-state index contributed by atoms with van der Waals surface area (Å²) in [5.41, 5.74) is 0.840. The number of nitrogens with zero attached hydrogens (tertiary/aromatic N) is 1. The molecule has 4 heteroatoms. The molecule has 0 aliphatic carbocycles. The number of hydrogen-bond acceptors (Lipinski definition) is 4. The van der Waals surface area contributed by atoms with Crippen molar-refractivity contribution in [2.75, 3.05) is 20.8 Å². The van der Waals surface area contributed by atoms with E-state index in [9.17, 15) is 0 Å². The van der Waals surface area contributed by atoms with Crippen LogP contribution in [0.1, 0.15) is 18.5 Å². The molecule has 0 aliphatic rings. The van der Waals surface area contributed by atoms with Crippen molar-refractivity contribution in [3.05, 3.63) is 18.0 Å². The monoisotopic (exact) mass is 234 g/mol. The Labute approximate surface area is 102 Å². The predicted molar refractivity (Wildman–Crippen MR) is 67.1 cm³/mol. The van der Waals surface area contributed by atoms with Crippen LogP contribution in [0.15, 0.2) is 12.3 Å². The predicted octanol–water partition coefficient (Wildman–Crippen LogP) is 1.60. The molecule has 0 unspecified atom stereocenters. The Kier molecular flexibility index (Phi) is 5.91. The molecule has 0 saturated heterocycles. The molecule has 1 N–H and O–H groups in total. The van der Waals surface area contributed by atoms with Crippen LogP contribution in [0.5, 0.6) is 11.5 Å². The van der Waals surface area contributed by atoms with Gasteiger partial charge in [-0.3, -0.25) is 4.98 Å². The maximum atomic E-state index is 5.29. The number of rotatable bonds is 7. The number of unbranched alkanes of at least 4 members (excludes halogenated alkanes) is 1. The molecule has 0 atom stereocenters. The van der Waals surface area contributed by atoms with Gasteiger partial charge in [-0.25, -0.2) is 0 Å². The Hall–Kier alpha value is -1.73. The van der Waals surface area contributed by atoms with Crippen molar-refractivity contribution < 1.29 is 9.47 Å². The van der Waals surface area contributed by atoms with Gasteiger partial charge in [-0.2, -0.15) is 0 Å². The number of hydrogen-bond donors (Lipinski definition) is 1. The van der Waals surface area contributed by atoms with E-state index in [1.54, 1.807) is 26.5 Å². The fourth-order valence-electron chi connectivity index (χ4n) is 1.50. The third-order valence-electron chi connectivity index (χ3n) is 2.33. The third-order valence-corrected chi connectivity index (χ3v) is 2.33. The van der Waals surface area contributed by atoms with Gasteiger partial charge < -0.3 is 14.8 Å². The summed E-state index contributed by atoms with van der Waals surface area (Å²) < 4.78 is 10.5. The Morgan fingerprint density at radius 2 is 2.24 bits per heavy atom. The number of pyridine rings is 1. The first kappa shape index (κ1) is 13.3. The van der Waals surface area contributed by atoms with Crippen LogP contribution in [-0.4, -0.2) is 25.7 Å². The molecule has 0 saturated carbocycles. The summed E-state index contributed by atoms with van der Waals surface area (Å²) in [5.74, 6) is 3.98. The highest BCUT2D eigenvalue weighted by atomic mass is 16.5. The molecule has 0 aromatic carbocycles. The highest BCUT2D eigenvalue weighted by molar-refractivity contribution is 5.42. The third kappa shape index (κ3) is 3.97. The van der Waals surface area contributed by atoms with Gasteiger partial charge in [0.25, 0.3) is 0 Å². The van der Waals surface area contributed by atoms with Gasteiger partial charge in [0.05, 0.1) is 19.9 Å². The maximum Gasteiger partial charge on any atom is 0.183 e. The van der Waals surface area contributed by atoms with E-state index in [1.165, 1.54) is 0 Å². The average molecular weight is 234 g/mol. The number of terminal acetylenes is 1. The summed E-state index contributed by atoms with van der Waals surface area (Å²) >= 11 is 0. The largest absolute Gasteiger partial charge is 0.493 e. The van der Waals surface area contributed by atoms with Crippen LogP contribution in [0.25, 0.3) is 0 Å². The first-order chi connectivity index (χ1) is 8.33. The zero-order valence-corrected chi connectivity index (χ0v) is 10.3. The topological polar surface area (TPSA) is 43.4 Å². The maximum absolute atomic E-state index is 5.29. The van der Waals surface area contributed by atoms with Crippen molar-refractivity contribution in [2.24, 2.45) is 0 Å². The zero-order chi connectivity index (χ0) is 12.5. The van der Waals surface area contributed by atoms with Crippen molar-refractivity contribution in [1.29, 1.82) is 0 Å². The summed E-state index contributed by atoms with van der Waals surface area (Å²) in [6, 6.07) is 1.78. The van der Waals surface area contributed by atoms with E-state index in [2.05, 4.69) is 16.2 Å². The van der Waals surface area contributed by atoms with Crippen LogP contribution in [0.2, 0.25) is 0 Å². The number of nitrogens with one attached hydrogen (secondary N) is 1. The number of ether oxygens (including phenoxy) is 2. The summed E-state index contributed by atoms with van der Waals surface area (Å²) in [6.45, 7) is 1.51. The van der Waals surface area contributed by atoms with E-state index >= 15 is 0 Å². The van der Waals surface area contributed by atoms with Gasteiger partial charge in [-0.1, -0.05) is 0 Å². The van der Waals surface area contributed by atoms with Crippen molar-refractivity contribution in [3.63, 3.8) is 0 Å². The first-order valence-electron chi connectivity index (χ1n) is 5.53. The van der Waals surface area contributed by atoms with E-state index in [0.717, 1.165) is 25.1 Å². The Balaban J connectivity index is 2.55. The minimum absolute atomic E-state index is 0.644. The SMILES string of the molecule is C#CCCCNCc1nccc(OC)c1OC. The minimum Gasteiger partial charge on any atom is -0.493 e. The van der Waals surface area contributed by atoms with E-state index in [0.29, 0.717) is 18.0 Å². The van der Waals surface area contributed by atoms with Crippen LogP contribution in [0, 0.1) is 12.3 Å². The summed E-state index contributed by atoms with van der Waals surface area (Å²) in [5, 5.41) is 3.27. The smallest absolute Gasteiger partial charge is 0.183 e. The van der Waals surface area contributed by atoms with E-state index in [1.807, 2.05) is 0 Å². The highest BCUT2D eigenvalue weighted by Crippen LogP contribution is 2.28. The van der Waals surface area contributed by atoms with E-state index in [4.69, 9.17) is 15.9 Å².